The van der Waals surface area contributed by atoms with E-state index in [1.807, 2.05) is 24.3 Å². The van der Waals surface area contributed by atoms with Gasteiger partial charge in [-0.25, -0.2) is 4.79 Å². The molecule has 2 aliphatic rings. The molecule has 3 rings (SSSR count). The molecule has 0 aromatic heterocycles. The van der Waals surface area contributed by atoms with Crippen LogP contribution in [0.15, 0.2) is 24.3 Å². The van der Waals surface area contributed by atoms with Gasteiger partial charge in [-0.15, -0.1) is 0 Å². The summed E-state index contributed by atoms with van der Waals surface area (Å²) in [6.45, 7) is 13.6. The van der Waals surface area contributed by atoms with Crippen molar-refractivity contribution in [3.63, 3.8) is 0 Å². The van der Waals surface area contributed by atoms with Crippen LogP contribution in [0, 0.1) is 11.8 Å². The molecule has 0 bridgehead atoms. The monoisotopic (exact) mass is 869 g/mol. The number of nitrogens with zero attached hydrogens (tertiary/aromatic N) is 2. The number of ether oxygens (including phenoxy) is 2. The number of Topliss-reactive ketones (excluding diaryl/α,β-unsaturated/α-hetero) is 1. The smallest absolute Gasteiger partial charge is 0.410 e. The molecule has 0 saturated carbocycles. The Morgan fingerprint density at radius 1 is 0.839 bits per heavy atom. The Balaban J connectivity index is 1.83. The van der Waals surface area contributed by atoms with Gasteiger partial charge in [0.2, 0.25) is 35.3 Å². The largest absolute Gasteiger partial charge is 0.459 e. The number of rotatable bonds is 20. The van der Waals surface area contributed by atoms with E-state index in [1.165, 1.54) is 11.9 Å². The highest BCUT2D eigenvalue weighted by Crippen LogP contribution is 2.26. The molecule has 0 radical (unpaired) electrons. The number of unbranched alkanes of at least 4 members (excludes halogenated alkanes) is 1. The molecule has 5 N–H and O–H groups in total. The first-order valence-corrected chi connectivity index (χ1v) is 21.6. The average Bonchev–Trinajstić information content (AvgIpc) is 3.64. The van der Waals surface area contributed by atoms with E-state index in [0.29, 0.717) is 38.8 Å². The van der Waals surface area contributed by atoms with E-state index >= 15 is 0 Å². The fraction of sp³-hybridized carbons (Fsp3) is 0.659. The van der Waals surface area contributed by atoms with Crippen LogP contribution in [0.2, 0.25) is 0 Å². The molecule has 7 amide bonds. The van der Waals surface area contributed by atoms with Gasteiger partial charge in [-0.3, -0.25) is 38.4 Å². The molecule has 1 aromatic carbocycles. The summed E-state index contributed by atoms with van der Waals surface area (Å²) < 4.78 is 11.1. The van der Waals surface area contributed by atoms with Gasteiger partial charge in [0.1, 0.15) is 36.4 Å². The van der Waals surface area contributed by atoms with Gasteiger partial charge in [0.25, 0.3) is 5.91 Å². The second-order valence-electron chi connectivity index (χ2n) is 17.6. The quantitative estimate of drug-likeness (QED) is 0.0722. The SMILES string of the molecule is CCCC(NC(=O)[C@@H]1C[C@@H](OC(=O)N2CCc3ccccc3C2)CN1C(=O)[C@@H](NC(=O)[C@@H](NC(=O)CCCCC(=O)NC)C(C)C)C(C)C)C(=O)C(=O)NCC(=O)OC(C)(C)C. The number of carbonyl (C=O) groups excluding carboxylic acids is 9. The summed E-state index contributed by atoms with van der Waals surface area (Å²) in [7, 11) is 1.53. The fourth-order valence-electron chi connectivity index (χ4n) is 7.26. The molecule has 18 nitrogen and oxygen atoms in total. The number of fused-ring (bicyclic) bond motifs is 1. The van der Waals surface area contributed by atoms with Crippen molar-refractivity contribution in [2.75, 3.05) is 26.7 Å². The van der Waals surface area contributed by atoms with Crippen molar-refractivity contribution >= 4 is 53.3 Å². The van der Waals surface area contributed by atoms with E-state index in [4.69, 9.17) is 9.47 Å². The normalized spacial score (nSPS) is 17.5. The van der Waals surface area contributed by atoms with Gasteiger partial charge >= 0.3 is 12.1 Å². The molecule has 5 atom stereocenters. The zero-order valence-electron chi connectivity index (χ0n) is 37.7. The van der Waals surface area contributed by atoms with E-state index in [9.17, 15) is 43.2 Å². The van der Waals surface area contributed by atoms with Crippen molar-refractivity contribution in [2.24, 2.45) is 11.8 Å². The number of esters is 1. The maximum Gasteiger partial charge on any atom is 0.410 e. The molecule has 0 spiro atoms. The standard InChI is InChI=1S/C44H67N7O11/c1-10-15-31(38(55)41(58)46-23-35(54)62-44(6,7)8)47-39(56)32-22-30(61-43(60)50-21-20-28-16-11-12-17-29(28)24-50)25-51(32)42(59)37(27(4)5)49-40(57)36(26(2)3)48-34(53)19-14-13-18-33(52)45-9/h11-12,16-17,26-27,30-32,36-37H,10,13-15,18-25H2,1-9H3,(H,45,52)(H,46,58)(H,47,56)(H,48,53)(H,49,57)/t30-,31?,32+,36+,37+/m1/s1. The van der Waals surface area contributed by atoms with E-state index in [-0.39, 0.29) is 44.1 Å². The van der Waals surface area contributed by atoms with Gasteiger partial charge in [-0.1, -0.05) is 65.3 Å². The summed E-state index contributed by atoms with van der Waals surface area (Å²) in [5, 5.41) is 12.9. The van der Waals surface area contributed by atoms with Gasteiger partial charge in [-0.2, -0.15) is 0 Å². The molecule has 344 valence electrons. The molecule has 1 saturated heterocycles. The number of likely N-dealkylation sites (tertiary alicyclic amines) is 1. The van der Waals surface area contributed by atoms with Gasteiger partial charge in [0.15, 0.2) is 0 Å². The third kappa shape index (κ3) is 15.4. The fourth-order valence-corrected chi connectivity index (χ4v) is 7.26. The third-order valence-electron chi connectivity index (χ3n) is 10.6. The van der Waals surface area contributed by atoms with Crippen LogP contribution in [-0.4, -0.2) is 126 Å². The van der Waals surface area contributed by atoms with Crippen LogP contribution in [0.1, 0.15) is 111 Å². The van der Waals surface area contributed by atoms with E-state index in [1.54, 1.807) is 60.3 Å². The average molecular weight is 870 g/mol. The third-order valence-corrected chi connectivity index (χ3v) is 10.6. The Morgan fingerprint density at radius 3 is 2.06 bits per heavy atom. The van der Waals surface area contributed by atoms with Crippen molar-refractivity contribution in [1.82, 2.24) is 36.4 Å². The summed E-state index contributed by atoms with van der Waals surface area (Å²) in [6.07, 6.45) is 0.592. The number of benzene rings is 1. The van der Waals surface area contributed by atoms with E-state index in [0.717, 1.165) is 11.1 Å². The maximum absolute atomic E-state index is 14.6. The Labute approximate surface area is 364 Å². The molecule has 18 heteroatoms. The molecule has 2 aliphatic heterocycles. The highest BCUT2D eigenvalue weighted by Gasteiger charge is 2.46. The molecular weight excluding hydrogens is 803 g/mol. The predicted molar refractivity (Wildman–Crippen MR) is 228 cm³/mol. The lowest BCUT2D eigenvalue weighted by molar-refractivity contribution is -0.155. The van der Waals surface area contributed by atoms with E-state index < -0.39 is 95.7 Å². The van der Waals surface area contributed by atoms with Crippen LogP contribution in [-0.2, 0) is 60.8 Å². The van der Waals surface area contributed by atoms with Crippen molar-refractivity contribution in [2.45, 2.75) is 149 Å². The number of hydrogen-bond donors (Lipinski definition) is 5. The molecular formula is C44H67N7O11. The van der Waals surface area contributed by atoms with Crippen LogP contribution in [0.25, 0.3) is 0 Å². The van der Waals surface area contributed by atoms with Crippen molar-refractivity contribution in [3.8, 4) is 0 Å². The number of hydrogen-bond acceptors (Lipinski definition) is 11. The van der Waals surface area contributed by atoms with Crippen molar-refractivity contribution in [1.29, 1.82) is 0 Å². The van der Waals surface area contributed by atoms with Crippen LogP contribution < -0.4 is 26.6 Å². The molecule has 1 aromatic rings. The molecule has 1 unspecified atom stereocenters. The number of nitrogens with one attached hydrogen (secondary N) is 5. The van der Waals surface area contributed by atoms with Crippen LogP contribution in [0.4, 0.5) is 4.79 Å². The minimum absolute atomic E-state index is 0.0566. The minimum atomic E-state index is -1.32. The summed E-state index contributed by atoms with van der Waals surface area (Å²) >= 11 is 0. The lowest BCUT2D eigenvalue weighted by Crippen LogP contribution is -2.59. The molecule has 0 aliphatic carbocycles. The number of amides is 7. The van der Waals surface area contributed by atoms with Crippen LogP contribution in [0.5, 0.6) is 0 Å². The summed E-state index contributed by atoms with van der Waals surface area (Å²) in [6, 6.07) is 2.94. The van der Waals surface area contributed by atoms with Crippen molar-refractivity contribution in [3.05, 3.63) is 35.4 Å². The lowest BCUT2D eigenvalue weighted by atomic mass is 9.98. The van der Waals surface area contributed by atoms with Crippen LogP contribution >= 0.6 is 0 Å². The predicted octanol–water partition coefficient (Wildman–Crippen LogP) is 2.05. The minimum Gasteiger partial charge on any atom is -0.459 e. The summed E-state index contributed by atoms with van der Waals surface area (Å²) in [5.41, 5.74) is 1.28. The Kier molecular flexibility index (Phi) is 19.3. The van der Waals surface area contributed by atoms with Crippen LogP contribution in [0.3, 0.4) is 0 Å². The lowest BCUT2D eigenvalue weighted by Gasteiger charge is -2.32. The molecule has 62 heavy (non-hydrogen) atoms. The maximum atomic E-state index is 14.6. The zero-order valence-corrected chi connectivity index (χ0v) is 37.7. The number of ketones is 1. The highest BCUT2D eigenvalue weighted by molar-refractivity contribution is 6.38. The Morgan fingerprint density at radius 2 is 1.47 bits per heavy atom. The van der Waals surface area contributed by atoms with E-state index in [2.05, 4.69) is 26.6 Å². The second kappa shape index (κ2) is 23.6. The Hall–Kier alpha value is -5.55. The summed E-state index contributed by atoms with van der Waals surface area (Å²) in [4.78, 5) is 122. The topological polar surface area (TPSA) is 239 Å². The Bertz CT molecular complexity index is 1790. The zero-order chi connectivity index (χ0) is 46.3. The first kappa shape index (κ1) is 50.8. The summed E-state index contributed by atoms with van der Waals surface area (Å²) in [5.74, 6) is -6.36. The van der Waals surface area contributed by atoms with Gasteiger partial charge in [0.05, 0.1) is 12.6 Å². The molecule has 2 heterocycles. The van der Waals surface area contributed by atoms with Gasteiger partial charge in [0, 0.05) is 39.4 Å². The first-order valence-electron chi connectivity index (χ1n) is 21.6. The van der Waals surface area contributed by atoms with Crippen molar-refractivity contribution < 1.29 is 52.6 Å². The first-order chi connectivity index (χ1) is 29.1. The highest BCUT2D eigenvalue weighted by atomic mass is 16.6. The molecule has 1 fully saturated rings. The number of carbonyl (C=O) groups is 9. The second-order valence-corrected chi connectivity index (χ2v) is 17.6. The van der Waals surface area contributed by atoms with Gasteiger partial charge in [-0.05, 0) is 69.4 Å². The van der Waals surface area contributed by atoms with Gasteiger partial charge < -0.3 is 45.9 Å².